The number of hydrogen-bond acceptors (Lipinski definition) is 3. The lowest BCUT2D eigenvalue weighted by Gasteiger charge is -2.27. The molecule has 92 valence electrons. The molecule has 2 unspecified atom stereocenters. The first-order valence-electron chi connectivity index (χ1n) is 6.12. The highest BCUT2D eigenvalue weighted by atomic mass is 16.5. The van der Waals surface area contributed by atoms with Crippen molar-refractivity contribution in [1.29, 1.82) is 5.41 Å². The molecular weight excluding hydrogens is 214 g/mol. The minimum atomic E-state index is 0.0336. The molecule has 2 rings (SSSR count). The lowest BCUT2D eigenvalue weighted by Crippen LogP contribution is -2.25. The van der Waals surface area contributed by atoms with Gasteiger partial charge in [0, 0.05) is 6.20 Å². The number of rotatable bonds is 3. The number of nitrogen functional groups attached to an aromatic ring is 1. The number of aromatic nitrogens is 1. The average Bonchev–Trinajstić information content (AvgIpc) is 2.29. The van der Waals surface area contributed by atoms with Crippen LogP contribution in [0.25, 0.3) is 0 Å². The van der Waals surface area contributed by atoms with Crippen LogP contribution in [0.5, 0.6) is 5.75 Å². The molecule has 0 saturated heterocycles. The molecule has 1 aromatic heterocycles. The maximum atomic E-state index is 7.50. The van der Waals surface area contributed by atoms with Crippen molar-refractivity contribution in [2.24, 2.45) is 11.7 Å². The third-order valence-electron chi connectivity index (χ3n) is 3.26. The molecule has 4 heteroatoms. The summed E-state index contributed by atoms with van der Waals surface area (Å²) in [5.41, 5.74) is 6.16. The first kappa shape index (κ1) is 11.9. The molecule has 1 heterocycles. The van der Waals surface area contributed by atoms with Gasteiger partial charge in [0.15, 0.2) is 0 Å². The summed E-state index contributed by atoms with van der Waals surface area (Å²) in [6, 6.07) is 1.73. The summed E-state index contributed by atoms with van der Waals surface area (Å²) >= 11 is 0. The number of amidine groups is 1. The largest absolute Gasteiger partial charge is 0.488 e. The van der Waals surface area contributed by atoms with Crippen LogP contribution in [-0.4, -0.2) is 16.9 Å². The third-order valence-corrected chi connectivity index (χ3v) is 3.26. The molecule has 17 heavy (non-hydrogen) atoms. The van der Waals surface area contributed by atoms with Crippen LogP contribution in [0.4, 0.5) is 0 Å². The highest BCUT2D eigenvalue weighted by Gasteiger charge is 2.21. The van der Waals surface area contributed by atoms with E-state index in [9.17, 15) is 0 Å². The fourth-order valence-corrected chi connectivity index (χ4v) is 2.36. The molecule has 1 aliphatic carbocycles. The predicted octanol–water partition coefficient (Wildman–Crippen LogP) is 2.32. The van der Waals surface area contributed by atoms with E-state index in [0.29, 0.717) is 17.2 Å². The number of nitrogens with one attached hydrogen (secondary N) is 1. The first-order valence-corrected chi connectivity index (χ1v) is 6.12. The Morgan fingerprint density at radius 1 is 1.53 bits per heavy atom. The van der Waals surface area contributed by atoms with Crippen LogP contribution in [0.3, 0.4) is 0 Å². The molecule has 1 fully saturated rings. The zero-order valence-corrected chi connectivity index (χ0v) is 10.1. The van der Waals surface area contributed by atoms with Crippen molar-refractivity contribution >= 4 is 5.84 Å². The number of ether oxygens (including phenoxy) is 1. The van der Waals surface area contributed by atoms with Gasteiger partial charge in [-0.25, -0.2) is 0 Å². The molecule has 0 radical (unpaired) electrons. The topological polar surface area (TPSA) is 72.0 Å². The summed E-state index contributed by atoms with van der Waals surface area (Å²) in [6.45, 7) is 2.25. The average molecular weight is 233 g/mol. The van der Waals surface area contributed by atoms with Crippen LogP contribution in [0.1, 0.15) is 38.2 Å². The quantitative estimate of drug-likeness (QED) is 0.621. The molecule has 0 aromatic carbocycles. The number of pyridine rings is 1. The zero-order chi connectivity index (χ0) is 12.3. The molecule has 4 nitrogen and oxygen atoms in total. The fourth-order valence-electron chi connectivity index (χ4n) is 2.36. The van der Waals surface area contributed by atoms with Crippen LogP contribution >= 0.6 is 0 Å². The van der Waals surface area contributed by atoms with Crippen molar-refractivity contribution in [3.8, 4) is 5.75 Å². The van der Waals surface area contributed by atoms with E-state index in [4.69, 9.17) is 15.9 Å². The van der Waals surface area contributed by atoms with Crippen molar-refractivity contribution in [3.05, 3.63) is 24.0 Å². The van der Waals surface area contributed by atoms with Crippen molar-refractivity contribution in [3.63, 3.8) is 0 Å². The number of nitrogens with two attached hydrogens (primary N) is 1. The second kappa shape index (κ2) is 5.17. The Labute approximate surface area is 102 Å². The van der Waals surface area contributed by atoms with Gasteiger partial charge in [0.2, 0.25) is 0 Å². The van der Waals surface area contributed by atoms with Gasteiger partial charge < -0.3 is 10.5 Å². The maximum Gasteiger partial charge on any atom is 0.148 e. The predicted molar refractivity (Wildman–Crippen MR) is 67.3 cm³/mol. The van der Waals surface area contributed by atoms with Crippen LogP contribution < -0.4 is 10.5 Å². The van der Waals surface area contributed by atoms with Gasteiger partial charge in [0.1, 0.15) is 11.6 Å². The second-order valence-corrected chi connectivity index (χ2v) is 4.80. The van der Waals surface area contributed by atoms with Crippen molar-refractivity contribution in [2.75, 3.05) is 0 Å². The normalized spacial score (nSPS) is 24.3. The van der Waals surface area contributed by atoms with Gasteiger partial charge >= 0.3 is 0 Å². The number of hydrogen-bond donors (Lipinski definition) is 2. The van der Waals surface area contributed by atoms with Crippen LogP contribution in [-0.2, 0) is 0 Å². The smallest absolute Gasteiger partial charge is 0.148 e. The summed E-state index contributed by atoms with van der Waals surface area (Å²) in [5, 5.41) is 7.50. The summed E-state index contributed by atoms with van der Waals surface area (Å²) in [5.74, 6) is 1.39. The van der Waals surface area contributed by atoms with E-state index in [1.54, 1.807) is 18.5 Å². The van der Waals surface area contributed by atoms with E-state index in [1.165, 1.54) is 12.8 Å². The van der Waals surface area contributed by atoms with Crippen LogP contribution in [0, 0.1) is 11.3 Å². The Bertz CT molecular complexity index is 405. The second-order valence-electron chi connectivity index (χ2n) is 4.80. The first-order chi connectivity index (χ1) is 8.16. The molecular formula is C13H19N3O. The molecule has 1 aromatic rings. The van der Waals surface area contributed by atoms with Gasteiger partial charge in [-0.15, -0.1) is 0 Å². The van der Waals surface area contributed by atoms with Gasteiger partial charge in [-0.05, 0) is 31.2 Å². The van der Waals surface area contributed by atoms with E-state index < -0.39 is 0 Å². The Hall–Kier alpha value is -1.58. The minimum absolute atomic E-state index is 0.0336. The lowest BCUT2D eigenvalue weighted by atomic mass is 9.89. The molecule has 0 bridgehead atoms. The molecule has 0 aliphatic heterocycles. The number of nitrogens with zero attached hydrogens (tertiary/aromatic N) is 1. The Kier molecular flexibility index (Phi) is 3.61. The minimum Gasteiger partial charge on any atom is -0.488 e. The highest BCUT2D eigenvalue weighted by molar-refractivity contribution is 5.97. The Balaban J connectivity index is 2.10. The Morgan fingerprint density at radius 3 is 3.06 bits per heavy atom. The molecule has 0 spiro atoms. The summed E-state index contributed by atoms with van der Waals surface area (Å²) in [6.07, 6.45) is 8.17. The van der Waals surface area contributed by atoms with E-state index in [-0.39, 0.29) is 11.9 Å². The van der Waals surface area contributed by atoms with Crippen molar-refractivity contribution in [1.82, 2.24) is 4.98 Å². The molecule has 3 N–H and O–H groups in total. The lowest BCUT2D eigenvalue weighted by molar-refractivity contribution is 0.128. The fraction of sp³-hybridized carbons (Fsp3) is 0.538. The van der Waals surface area contributed by atoms with Gasteiger partial charge in [-0.1, -0.05) is 13.3 Å². The molecule has 2 atom stereocenters. The van der Waals surface area contributed by atoms with Gasteiger partial charge in [0.25, 0.3) is 0 Å². The SMILES string of the molecule is CC1CCCC(Oc2cnccc2C(=N)N)C1. The van der Waals surface area contributed by atoms with Crippen LogP contribution in [0.15, 0.2) is 18.5 Å². The van der Waals surface area contributed by atoms with E-state index in [0.717, 1.165) is 12.8 Å². The standard InChI is InChI=1S/C13H19N3O/c1-9-3-2-4-10(7-9)17-12-8-16-6-5-11(12)13(14)15/h5-6,8-10H,2-4,7H2,1H3,(H3,14,15). The summed E-state index contributed by atoms with van der Waals surface area (Å²) in [7, 11) is 0. The molecule has 0 amide bonds. The van der Waals surface area contributed by atoms with Crippen molar-refractivity contribution in [2.45, 2.75) is 38.7 Å². The zero-order valence-electron chi connectivity index (χ0n) is 10.1. The van der Waals surface area contributed by atoms with Crippen LogP contribution in [0.2, 0.25) is 0 Å². The molecule has 1 aliphatic rings. The monoisotopic (exact) mass is 233 g/mol. The van der Waals surface area contributed by atoms with Gasteiger partial charge in [0.05, 0.1) is 17.9 Å². The van der Waals surface area contributed by atoms with Crippen molar-refractivity contribution < 1.29 is 4.74 Å². The summed E-state index contributed by atoms with van der Waals surface area (Å²) in [4.78, 5) is 4.04. The summed E-state index contributed by atoms with van der Waals surface area (Å²) < 4.78 is 5.93. The third kappa shape index (κ3) is 2.96. The Morgan fingerprint density at radius 2 is 2.35 bits per heavy atom. The maximum absolute atomic E-state index is 7.50. The van der Waals surface area contributed by atoms with Gasteiger partial charge in [-0.2, -0.15) is 0 Å². The highest BCUT2D eigenvalue weighted by Crippen LogP contribution is 2.28. The molecule has 1 saturated carbocycles. The van der Waals surface area contributed by atoms with E-state index in [1.807, 2.05) is 0 Å². The van der Waals surface area contributed by atoms with E-state index in [2.05, 4.69) is 11.9 Å². The van der Waals surface area contributed by atoms with Gasteiger partial charge in [-0.3, -0.25) is 10.4 Å². The van der Waals surface area contributed by atoms with E-state index >= 15 is 0 Å².